The Bertz CT molecular complexity index is 499. The van der Waals surface area contributed by atoms with Crippen molar-refractivity contribution in [1.29, 1.82) is 0 Å². The number of carbonyl (C=O) groups excluding carboxylic acids is 2. The van der Waals surface area contributed by atoms with Crippen LogP contribution in [-0.4, -0.2) is 34.0 Å². The second-order valence-corrected chi connectivity index (χ2v) is 4.20. The maximum atomic E-state index is 11.8. The van der Waals surface area contributed by atoms with E-state index in [4.69, 9.17) is 9.84 Å². The van der Waals surface area contributed by atoms with Crippen molar-refractivity contribution in [3.63, 3.8) is 0 Å². The molecule has 1 heterocycles. The van der Waals surface area contributed by atoms with Gasteiger partial charge in [-0.1, -0.05) is 30.3 Å². The van der Waals surface area contributed by atoms with Gasteiger partial charge in [0.2, 0.25) is 5.91 Å². The molecule has 1 atom stereocenters. The number of benzene rings is 1. The number of amides is 2. The van der Waals surface area contributed by atoms with Crippen molar-refractivity contribution in [3.05, 3.63) is 35.9 Å². The maximum Gasteiger partial charge on any atom is 0.417 e. The van der Waals surface area contributed by atoms with Crippen LogP contribution in [0.4, 0.5) is 4.79 Å². The van der Waals surface area contributed by atoms with Gasteiger partial charge < -0.3 is 9.84 Å². The molecule has 1 saturated heterocycles. The molecule has 2 rings (SSSR count). The van der Waals surface area contributed by atoms with E-state index in [2.05, 4.69) is 0 Å². The van der Waals surface area contributed by atoms with E-state index < -0.39 is 24.0 Å². The number of hydrogen-bond acceptors (Lipinski definition) is 4. The lowest BCUT2D eigenvalue weighted by Gasteiger charge is -2.18. The van der Waals surface area contributed by atoms with Gasteiger partial charge >= 0.3 is 12.1 Å². The number of ether oxygens (including phenoxy) is 1. The van der Waals surface area contributed by atoms with Gasteiger partial charge in [-0.25, -0.2) is 14.5 Å². The highest BCUT2D eigenvalue weighted by molar-refractivity contribution is 5.99. The molecule has 1 aromatic carbocycles. The third-order valence-corrected chi connectivity index (χ3v) is 2.90. The molecule has 1 N–H and O–H groups in total. The fourth-order valence-electron chi connectivity index (χ4n) is 1.94. The van der Waals surface area contributed by atoms with E-state index in [0.717, 1.165) is 5.56 Å². The number of likely N-dealkylation sites (tertiary alicyclic amines) is 1. The van der Waals surface area contributed by atoms with Crippen LogP contribution in [0.3, 0.4) is 0 Å². The zero-order valence-corrected chi connectivity index (χ0v) is 10.1. The number of nitrogens with zero attached hydrogens (tertiary/aromatic N) is 1. The highest BCUT2D eigenvalue weighted by Crippen LogP contribution is 2.20. The first-order chi connectivity index (χ1) is 9.09. The van der Waals surface area contributed by atoms with Gasteiger partial charge in [-0.2, -0.15) is 0 Å². The number of imide groups is 1. The fraction of sp³-hybridized carbons (Fsp3) is 0.308. The molecule has 2 amide bonds. The van der Waals surface area contributed by atoms with Crippen molar-refractivity contribution in [2.45, 2.75) is 25.5 Å². The van der Waals surface area contributed by atoms with Crippen LogP contribution in [0.25, 0.3) is 0 Å². The Morgan fingerprint density at radius 3 is 2.63 bits per heavy atom. The first-order valence-electron chi connectivity index (χ1n) is 5.85. The zero-order chi connectivity index (χ0) is 13.8. The minimum Gasteiger partial charge on any atom is -0.480 e. The van der Waals surface area contributed by atoms with Gasteiger partial charge in [-0.05, 0) is 12.0 Å². The highest BCUT2D eigenvalue weighted by Gasteiger charge is 2.41. The van der Waals surface area contributed by atoms with Crippen LogP contribution in [0, 0.1) is 0 Å². The summed E-state index contributed by atoms with van der Waals surface area (Å²) in [5.74, 6) is -1.70. The Kier molecular flexibility index (Phi) is 3.79. The van der Waals surface area contributed by atoms with Crippen molar-refractivity contribution in [1.82, 2.24) is 4.90 Å². The highest BCUT2D eigenvalue weighted by atomic mass is 16.6. The summed E-state index contributed by atoms with van der Waals surface area (Å²) in [7, 11) is 0. The summed E-state index contributed by atoms with van der Waals surface area (Å²) in [6.45, 7) is 0.00971. The molecule has 1 aromatic rings. The van der Waals surface area contributed by atoms with E-state index in [1.807, 2.05) is 6.07 Å². The van der Waals surface area contributed by atoms with E-state index in [1.165, 1.54) is 0 Å². The zero-order valence-electron chi connectivity index (χ0n) is 10.1. The standard InChI is InChI=1S/C13H13NO5/c15-11-7-6-10(12(16)17)14(11)13(18)19-8-9-4-2-1-3-5-9/h1-5,10H,6-8H2,(H,16,17)/t10-/m1/s1. The topological polar surface area (TPSA) is 83.9 Å². The molecule has 0 saturated carbocycles. The first kappa shape index (κ1) is 13.1. The molecule has 1 aliphatic rings. The second kappa shape index (κ2) is 5.51. The maximum absolute atomic E-state index is 11.8. The van der Waals surface area contributed by atoms with Gasteiger partial charge in [0, 0.05) is 6.42 Å². The van der Waals surface area contributed by atoms with E-state index in [0.29, 0.717) is 4.90 Å². The number of carboxylic acid groups (broad SMARTS) is 1. The second-order valence-electron chi connectivity index (χ2n) is 4.20. The van der Waals surface area contributed by atoms with Crippen molar-refractivity contribution in [3.8, 4) is 0 Å². The summed E-state index contributed by atoms with van der Waals surface area (Å²) in [5.41, 5.74) is 0.773. The van der Waals surface area contributed by atoms with Crippen LogP contribution in [0.5, 0.6) is 0 Å². The van der Waals surface area contributed by atoms with E-state index in [1.54, 1.807) is 24.3 Å². The largest absolute Gasteiger partial charge is 0.480 e. The van der Waals surface area contributed by atoms with Gasteiger partial charge in [-0.15, -0.1) is 0 Å². The van der Waals surface area contributed by atoms with Crippen molar-refractivity contribution in [2.24, 2.45) is 0 Å². The van der Waals surface area contributed by atoms with Crippen LogP contribution < -0.4 is 0 Å². The van der Waals surface area contributed by atoms with Gasteiger partial charge in [0.05, 0.1) is 0 Å². The van der Waals surface area contributed by atoms with Crippen LogP contribution >= 0.6 is 0 Å². The summed E-state index contributed by atoms with van der Waals surface area (Å²) in [5, 5.41) is 8.93. The lowest BCUT2D eigenvalue weighted by Crippen LogP contribution is -2.43. The Hall–Kier alpha value is -2.37. The summed E-state index contributed by atoms with van der Waals surface area (Å²) < 4.78 is 4.97. The summed E-state index contributed by atoms with van der Waals surface area (Å²) >= 11 is 0. The van der Waals surface area contributed by atoms with Crippen LogP contribution in [0.1, 0.15) is 18.4 Å². The van der Waals surface area contributed by atoms with E-state index in [-0.39, 0.29) is 19.4 Å². The smallest absolute Gasteiger partial charge is 0.417 e. The third kappa shape index (κ3) is 2.90. The molecule has 0 radical (unpaired) electrons. The quantitative estimate of drug-likeness (QED) is 0.891. The number of carbonyl (C=O) groups is 3. The minimum absolute atomic E-state index is 0.00971. The monoisotopic (exact) mass is 263 g/mol. The minimum atomic E-state index is -1.19. The van der Waals surface area contributed by atoms with Gasteiger partial charge in [0.25, 0.3) is 0 Å². The number of carboxylic acids is 1. The molecule has 0 unspecified atom stereocenters. The van der Waals surface area contributed by atoms with E-state index in [9.17, 15) is 14.4 Å². The number of rotatable bonds is 3. The Labute approximate surface area is 109 Å². The molecule has 100 valence electrons. The summed E-state index contributed by atoms with van der Waals surface area (Å²) in [6, 6.07) is 7.85. The predicted octanol–water partition coefficient (Wildman–Crippen LogP) is 1.40. The molecule has 6 nitrogen and oxygen atoms in total. The molecule has 0 aromatic heterocycles. The lowest BCUT2D eigenvalue weighted by molar-refractivity contribution is -0.145. The SMILES string of the molecule is O=C(O)[C@H]1CCC(=O)N1C(=O)OCc1ccccc1. The van der Waals surface area contributed by atoms with Crippen LogP contribution in [-0.2, 0) is 20.9 Å². The molecule has 0 aliphatic carbocycles. The predicted molar refractivity (Wildman–Crippen MR) is 64.1 cm³/mol. The van der Waals surface area contributed by atoms with E-state index >= 15 is 0 Å². The molecular formula is C13H13NO5. The Morgan fingerprint density at radius 1 is 1.32 bits per heavy atom. The number of aliphatic carboxylic acids is 1. The van der Waals surface area contributed by atoms with Gasteiger partial charge in [0.15, 0.2) is 0 Å². The Morgan fingerprint density at radius 2 is 2.00 bits per heavy atom. The van der Waals surface area contributed by atoms with Gasteiger partial charge in [0.1, 0.15) is 12.6 Å². The van der Waals surface area contributed by atoms with Crippen LogP contribution in [0.2, 0.25) is 0 Å². The molecule has 19 heavy (non-hydrogen) atoms. The summed E-state index contributed by atoms with van der Waals surface area (Å²) in [6.07, 6.45) is -0.717. The van der Waals surface area contributed by atoms with Crippen molar-refractivity contribution in [2.75, 3.05) is 0 Å². The molecule has 1 fully saturated rings. The third-order valence-electron chi connectivity index (χ3n) is 2.90. The molecule has 0 spiro atoms. The molecule has 6 heteroatoms. The normalized spacial score (nSPS) is 18.4. The molecule has 1 aliphatic heterocycles. The molecule has 0 bridgehead atoms. The fourth-order valence-corrected chi connectivity index (χ4v) is 1.94. The average molecular weight is 263 g/mol. The van der Waals surface area contributed by atoms with Crippen LogP contribution in [0.15, 0.2) is 30.3 Å². The first-order valence-corrected chi connectivity index (χ1v) is 5.85. The number of hydrogen-bond donors (Lipinski definition) is 1. The lowest BCUT2D eigenvalue weighted by atomic mass is 10.2. The average Bonchev–Trinajstić information content (AvgIpc) is 2.79. The van der Waals surface area contributed by atoms with Crippen molar-refractivity contribution < 1.29 is 24.2 Å². The van der Waals surface area contributed by atoms with Crippen molar-refractivity contribution >= 4 is 18.0 Å². The molecular weight excluding hydrogens is 250 g/mol. The summed E-state index contributed by atoms with van der Waals surface area (Å²) in [4.78, 5) is 34.9. The van der Waals surface area contributed by atoms with Gasteiger partial charge in [-0.3, -0.25) is 4.79 Å². The Balaban J connectivity index is 1.99.